The molecule has 8 nitrogen and oxygen atoms in total. The molecule has 0 aromatic heterocycles. The molecule has 0 heterocycles. The van der Waals surface area contributed by atoms with Crippen molar-refractivity contribution in [2.45, 2.75) is 105 Å². The van der Waals surface area contributed by atoms with Gasteiger partial charge in [-0.2, -0.15) is 10.5 Å². The van der Waals surface area contributed by atoms with Crippen LogP contribution >= 0.6 is 0 Å². The molecule has 2 unspecified atom stereocenters. The maximum Gasteiger partial charge on any atom is 0.349 e. The van der Waals surface area contributed by atoms with Gasteiger partial charge in [0.25, 0.3) is 0 Å². The summed E-state index contributed by atoms with van der Waals surface area (Å²) in [6, 6.07) is 4.46. The van der Waals surface area contributed by atoms with Gasteiger partial charge in [-0.25, -0.2) is 9.59 Å². The number of hydrogen-bond acceptors (Lipinski definition) is 8. The summed E-state index contributed by atoms with van der Waals surface area (Å²) >= 11 is 0. The second kappa shape index (κ2) is 13.2. The van der Waals surface area contributed by atoms with E-state index in [1.807, 2.05) is 12.2 Å². The largest absolute Gasteiger partial charge is 0.462 e. The molecule has 1 fully saturated rings. The Morgan fingerprint density at radius 3 is 1.48 bits per heavy atom. The molecule has 0 aromatic rings. The molecule has 0 saturated heterocycles. The molecular formula is C32H44N4O4. The molecule has 0 bridgehead atoms. The SMILES string of the molecule is CCOC(=O)/C(C#N)=C1\C=C(NC2CCCCC2NC2=C/C(=C(/C#N)C(=O)OCC)CC(C)(C)C2)CC(C)(C)C1. The Hall–Kier alpha value is -3.52. The number of hydrogen-bond donors (Lipinski definition) is 2. The van der Waals surface area contributed by atoms with Gasteiger partial charge in [0.15, 0.2) is 0 Å². The second-order valence-corrected chi connectivity index (χ2v) is 12.6. The fourth-order valence-corrected chi connectivity index (χ4v) is 6.17. The van der Waals surface area contributed by atoms with Gasteiger partial charge in [-0.3, -0.25) is 0 Å². The van der Waals surface area contributed by atoms with E-state index in [1.54, 1.807) is 13.8 Å². The van der Waals surface area contributed by atoms with Gasteiger partial charge >= 0.3 is 11.9 Å². The van der Waals surface area contributed by atoms with E-state index < -0.39 is 11.9 Å². The Kier molecular flexibility index (Phi) is 10.3. The third kappa shape index (κ3) is 8.01. The number of nitriles is 2. The highest BCUT2D eigenvalue weighted by atomic mass is 16.5. The van der Waals surface area contributed by atoms with Gasteiger partial charge < -0.3 is 20.1 Å². The summed E-state index contributed by atoms with van der Waals surface area (Å²) in [5, 5.41) is 27.0. The van der Waals surface area contributed by atoms with Crippen LogP contribution in [-0.4, -0.2) is 37.2 Å². The van der Waals surface area contributed by atoms with Crippen molar-refractivity contribution in [1.82, 2.24) is 10.6 Å². The van der Waals surface area contributed by atoms with Crippen LogP contribution in [0.3, 0.4) is 0 Å². The normalized spacial score (nSPS) is 26.1. The van der Waals surface area contributed by atoms with Crippen LogP contribution in [0.2, 0.25) is 0 Å². The highest BCUT2D eigenvalue weighted by molar-refractivity contribution is 5.95. The lowest BCUT2D eigenvalue weighted by Crippen LogP contribution is -2.50. The van der Waals surface area contributed by atoms with Crippen LogP contribution in [0.5, 0.6) is 0 Å². The lowest BCUT2D eigenvalue weighted by Gasteiger charge is -2.40. The molecule has 0 aliphatic heterocycles. The molecule has 216 valence electrons. The smallest absolute Gasteiger partial charge is 0.349 e. The molecule has 3 rings (SSSR count). The van der Waals surface area contributed by atoms with Crippen LogP contribution in [0.15, 0.2) is 45.8 Å². The molecule has 3 aliphatic rings. The van der Waals surface area contributed by atoms with E-state index in [-0.39, 0.29) is 47.3 Å². The molecule has 1 saturated carbocycles. The summed E-state index contributed by atoms with van der Waals surface area (Å²) in [6.07, 6.45) is 11.0. The fraction of sp³-hybridized carbons (Fsp3) is 0.625. The molecule has 0 amide bonds. The first-order valence-corrected chi connectivity index (χ1v) is 14.5. The Morgan fingerprint density at radius 2 is 1.15 bits per heavy atom. The Morgan fingerprint density at radius 1 is 0.775 bits per heavy atom. The second-order valence-electron chi connectivity index (χ2n) is 12.6. The molecular weight excluding hydrogens is 504 g/mol. The summed E-state index contributed by atoms with van der Waals surface area (Å²) in [6.45, 7) is 12.5. The summed E-state index contributed by atoms with van der Waals surface area (Å²) in [7, 11) is 0. The van der Waals surface area contributed by atoms with Crippen molar-refractivity contribution in [3.8, 4) is 12.1 Å². The molecule has 0 aromatic carbocycles. The zero-order valence-electron chi connectivity index (χ0n) is 24.9. The first-order chi connectivity index (χ1) is 18.9. The quantitative estimate of drug-likeness (QED) is 0.226. The lowest BCUT2D eigenvalue weighted by molar-refractivity contribution is -0.139. The van der Waals surface area contributed by atoms with Gasteiger partial charge in [-0.15, -0.1) is 0 Å². The summed E-state index contributed by atoms with van der Waals surface area (Å²) in [4.78, 5) is 24.9. The van der Waals surface area contributed by atoms with Gasteiger partial charge in [0, 0.05) is 23.5 Å². The van der Waals surface area contributed by atoms with E-state index in [1.165, 1.54) is 0 Å². The Balaban J connectivity index is 1.89. The van der Waals surface area contributed by atoms with E-state index in [9.17, 15) is 20.1 Å². The molecule has 0 radical (unpaired) electrons. The number of ether oxygens (including phenoxy) is 2. The van der Waals surface area contributed by atoms with Gasteiger partial charge in [0.2, 0.25) is 0 Å². The van der Waals surface area contributed by atoms with Crippen molar-refractivity contribution in [3.63, 3.8) is 0 Å². The molecule has 40 heavy (non-hydrogen) atoms. The van der Waals surface area contributed by atoms with Crippen molar-refractivity contribution in [2.24, 2.45) is 10.8 Å². The number of allylic oxidation sites excluding steroid dienone is 6. The van der Waals surface area contributed by atoms with Crippen molar-refractivity contribution in [2.75, 3.05) is 13.2 Å². The number of carbonyl (C=O) groups is 2. The molecule has 2 N–H and O–H groups in total. The monoisotopic (exact) mass is 548 g/mol. The van der Waals surface area contributed by atoms with Crippen LogP contribution in [0.25, 0.3) is 0 Å². The maximum atomic E-state index is 12.5. The molecule has 2 atom stereocenters. The van der Waals surface area contributed by atoms with Crippen molar-refractivity contribution in [3.05, 3.63) is 45.8 Å². The van der Waals surface area contributed by atoms with Gasteiger partial charge in [0.1, 0.15) is 23.3 Å². The van der Waals surface area contributed by atoms with Crippen molar-refractivity contribution < 1.29 is 19.1 Å². The van der Waals surface area contributed by atoms with Crippen molar-refractivity contribution in [1.29, 1.82) is 10.5 Å². The van der Waals surface area contributed by atoms with Crippen molar-refractivity contribution >= 4 is 11.9 Å². The first-order valence-electron chi connectivity index (χ1n) is 14.5. The highest BCUT2D eigenvalue weighted by Gasteiger charge is 2.34. The number of nitrogens with zero attached hydrogens (tertiary/aromatic N) is 2. The Labute approximate surface area is 239 Å². The fourth-order valence-electron chi connectivity index (χ4n) is 6.17. The Bertz CT molecular complexity index is 1110. The third-order valence-electron chi connectivity index (χ3n) is 7.71. The van der Waals surface area contributed by atoms with Crippen LogP contribution in [-0.2, 0) is 19.1 Å². The summed E-state index contributed by atoms with van der Waals surface area (Å²) in [5.41, 5.74) is 3.41. The van der Waals surface area contributed by atoms with E-state index in [0.717, 1.165) is 61.1 Å². The topological polar surface area (TPSA) is 124 Å². The van der Waals surface area contributed by atoms with Gasteiger partial charge in [-0.05, 0) is 86.5 Å². The number of rotatable bonds is 8. The summed E-state index contributed by atoms with van der Waals surface area (Å²) < 4.78 is 10.3. The highest BCUT2D eigenvalue weighted by Crippen LogP contribution is 2.40. The number of esters is 2. The average molecular weight is 549 g/mol. The predicted octanol–water partition coefficient (Wildman–Crippen LogP) is 5.65. The minimum Gasteiger partial charge on any atom is -0.462 e. The van der Waals surface area contributed by atoms with Crippen LogP contribution < -0.4 is 10.6 Å². The van der Waals surface area contributed by atoms with E-state index >= 15 is 0 Å². The maximum absolute atomic E-state index is 12.5. The minimum absolute atomic E-state index is 0.0797. The molecule has 0 spiro atoms. The standard InChI is InChI=1S/C32H44N4O4/c1-7-39-29(37)25(19-33)21-13-23(17-31(3,4)15-21)35-27-11-9-10-12-28(27)36-24-14-22(16-32(5,6)18-24)26(20-34)30(38)40-8-2/h13-14,27-28,35-36H,7-12,15-18H2,1-6H3/b25-21+,26-22+. The summed E-state index contributed by atoms with van der Waals surface area (Å²) in [5.74, 6) is -1.14. The lowest BCUT2D eigenvalue weighted by atomic mass is 9.75. The molecule has 8 heteroatoms. The van der Waals surface area contributed by atoms with Crippen LogP contribution in [0, 0.1) is 33.5 Å². The number of nitrogens with one attached hydrogen (secondary N) is 2. The molecule has 3 aliphatic carbocycles. The first kappa shape index (κ1) is 31.0. The minimum atomic E-state index is -0.569. The van der Waals surface area contributed by atoms with E-state index in [2.05, 4.69) is 50.5 Å². The zero-order chi connectivity index (χ0) is 29.5. The predicted molar refractivity (Wildman–Crippen MR) is 153 cm³/mol. The van der Waals surface area contributed by atoms with Gasteiger partial charge in [-0.1, -0.05) is 40.5 Å². The zero-order valence-corrected chi connectivity index (χ0v) is 24.9. The average Bonchev–Trinajstić information content (AvgIpc) is 2.84. The number of carbonyl (C=O) groups excluding carboxylic acids is 2. The third-order valence-corrected chi connectivity index (χ3v) is 7.71. The van der Waals surface area contributed by atoms with E-state index in [4.69, 9.17) is 9.47 Å². The van der Waals surface area contributed by atoms with Crippen LogP contribution in [0.4, 0.5) is 0 Å². The van der Waals surface area contributed by atoms with Gasteiger partial charge in [0.05, 0.1) is 13.2 Å². The van der Waals surface area contributed by atoms with E-state index in [0.29, 0.717) is 12.8 Å². The van der Waals surface area contributed by atoms with Crippen LogP contribution in [0.1, 0.15) is 92.9 Å².